The number of benzene rings is 2. The van der Waals surface area contributed by atoms with Gasteiger partial charge in [-0.3, -0.25) is 10.2 Å². The number of rotatable bonds is 5. The van der Waals surface area contributed by atoms with Crippen molar-refractivity contribution in [3.63, 3.8) is 0 Å². The summed E-state index contributed by atoms with van der Waals surface area (Å²) in [5.41, 5.74) is -1.93. The summed E-state index contributed by atoms with van der Waals surface area (Å²) in [6, 6.07) is 5.45. The monoisotopic (exact) mass is 693 g/mol. The van der Waals surface area contributed by atoms with Gasteiger partial charge in [0.2, 0.25) is 0 Å². The fourth-order valence-corrected chi connectivity index (χ4v) is 7.67. The van der Waals surface area contributed by atoms with Gasteiger partial charge in [-0.1, -0.05) is 29.3 Å². The second-order valence-corrected chi connectivity index (χ2v) is 13.9. The summed E-state index contributed by atoms with van der Waals surface area (Å²) in [7, 11) is 0. The number of nitrogens with one attached hydrogen (secondary N) is 1. The Morgan fingerprint density at radius 2 is 2.00 bits per heavy atom. The van der Waals surface area contributed by atoms with Gasteiger partial charge in [0.1, 0.15) is 39.8 Å². The number of halogens is 6. The van der Waals surface area contributed by atoms with Crippen LogP contribution in [0.5, 0.6) is 6.01 Å². The third-order valence-corrected chi connectivity index (χ3v) is 9.70. The standard InChI is InChI=1S/C31H25Cl2F4N5O3S/c1-30(2,3)45-29(43)41-27-17(11-38)20-15(5-6-19(34)24(20)46-27)21-18(32)9-16-23(22(21)35)39-28(40-25(16)33)44-13-31-7-4-8-42(31)12-14(10-31)26(36)37/h5-6,9H,4,7-8,10,12-13H2,1-3H3,(H,41,43)/t31-/m1/s1. The molecule has 0 saturated carbocycles. The highest BCUT2D eigenvalue weighted by Crippen LogP contribution is 2.47. The van der Waals surface area contributed by atoms with Crippen LogP contribution >= 0.6 is 34.5 Å². The molecule has 2 aliphatic heterocycles. The fraction of sp³-hybridized carbons (Fsp3) is 0.355. The maximum absolute atomic E-state index is 16.5. The minimum absolute atomic E-state index is 0.00867. The highest BCUT2D eigenvalue weighted by molar-refractivity contribution is 7.23. The average molecular weight is 695 g/mol. The molecule has 1 amide bonds. The predicted octanol–water partition coefficient (Wildman–Crippen LogP) is 9.08. The van der Waals surface area contributed by atoms with Crippen LogP contribution in [0.25, 0.3) is 32.1 Å². The van der Waals surface area contributed by atoms with E-state index in [0.717, 1.165) is 23.8 Å². The Kier molecular flexibility index (Phi) is 8.29. The van der Waals surface area contributed by atoms with Crippen LogP contribution in [0.2, 0.25) is 10.2 Å². The summed E-state index contributed by atoms with van der Waals surface area (Å²) >= 11 is 13.8. The summed E-state index contributed by atoms with van der Waals surface area (Å²) in [4.78, 5) is 22.8. The van der Waals surface area contributed by atoms with E-state index in [1.54, 1.807) is 20.8 Å². The van der Waals surface area contributed by atoms with Crippen molar-refractivity contribution in [2.75, 3.05) is 25.0 Å². The number of ether oxygens (including phenoxy) is 2. The highest BCUT2D eigenvalue weighted by atomic mass is 35.5. The Morgan fingerprint density at radius 1 is 1.24 bits per heavy atom. The summed E-state index contributed by atoms with van der Waals surface area (Å²) in [5.74, 6) is -1.64. The molecule has 0 spiro atoms. The Bertz CT molecular complexity index is 2000. The van der Waals surface area contributed by atoms with Crippen molar-refractivity contribution in [1.82, 2.24) is 14.9 Å². The van der Waals surface area contributed by atoms with Gasteiger partial charge in [-0.2, -0.15) is 24.0 Å². The van der Waals surface area contributed by atoms with Crippen LogP contribution < -0.4 is 10.1 Å². The van der Waals surface area contributed by atoms with Crippen LogP contribution in [-0.4, -0.2) is 51.8 Å². The van der Waals surface area contributed by atoms with Gasteiger partial charge in [0.15, 0.2) is 5.82 Å². The van der Waals surface area contributed by atoms with Gasteiger partial charge in [-0.25, -0.2) is 13.6 Å². The van der Waals surface area contributed by atoms with Crippen LogP contribution in [0.1, 0.15) is 45.6 Å². The van der Waals surface area contributed by atoms with E-state index >= 15 is 8.78 Å². The van der Waals surface area contributed by atoms with Gasteiger partial charge in [-0.15, -0.1) is 11.3 Å². The molecule has 15 heteroatoms. The molecule has 2 saturated heterocycles. The van der Waals surface area contributed by atoms with E-state index in [1.165, 1.54) is 12.1 Å². The Morgan fingerprint density at radius 3 is 2.70 bits per heavy atom. The molecule has 46 heavy (non-hydrogen) atoms. The maximum atomic E-state index is 16.5. The average Bonchev–Trinajstić information content (AvgIpc) is 3.64. The summed E-state index contributed by atoms with van der Waals surface area (Å²) in [6.45, 7) is 5.77. The molecule has 240 valence electrons. The molecular weight excluding hydrogens is 669 g/mol. The minimum Gasteiger partial charge on any atom is -0.461 e. The van der Waals surface area contributed by atoms with Crippen LogP contribution in [0, 0.1) is 23.0 Å². The smallest absolute Gasteiger partial charge is 0.412 e. The molecule has 2 aromatic carbocycles. The van der Waals surface area contributed by atoms with Crippen molar-refractivity contribution in [3.05, 3.63) is 57.2 Å². The zero-order valence-corrected chi connectivity index (χ0v) is 27.0. The Labute approximate surface area is 274 Å². The first-order valence-electron chi connectivity index (χ1n) is 14.1. The highest BCUT2D eigenvalue weighted by Gasteiger charge is 2.48. The van der Waals surface area contributed by atoms with Gasteiger partial charge in [-0.05, 0) is 64.3 Å². The number of thiophene rings is 1. The van der Waals surface area contributed by atoms with E-state index in [9.17, 15) is 18.8 Å². The van der Waals surface area contributed by atoms with Crippen LogP contribution in [-0.2, 0) is 4.74 Å². The molecule has 4 aromatic rings. The normalized spacial score (nSPS) is 18.2. The predicted molar refractivity (Wildman–Crippen MR) is 168 cm³/mol. The second-order valence-electron chi connectivity index (χ2n) is 12.2. The van der Waals surface area contributed by atoms with Crippen molar-refractivity contribution >= 4 is 66.6 Å². The number of anilines is 1. The van der Waals surface area contributed by atoms with Crippen LogP contribution in [0.3, 0.4) is 0 Å². The summed E-state index contributed by atoms with van der Waals surface area (Å²) in [6.07, 6.45) is -0.969. The van der Waals surface area contributed by atoms with E-state index in [4.69, 9.17) is 32.7 Å². The lowest BCUT2D eigenvalue weighted by Crippen LogP contribution is -2.43. The molecule has 2 aliphatic rings. The molecule has 1 atom stereocenters. The molecule has 6 rings (SSSR count). The van der Waals surface area contributed by atoms with E-state index < -0.39 is 34.9 Å². The largest absolute Gasteiger partial charge is 0.461 e. The number of nitrogens with zero attached hydrogens (tertiary/aromatic N) is 4. The summed E-state index contributed by atoms with van der Waals surface area (Å²) < 4.78 is 69.5. The number of amides is 1. The van der Waals surface area contributed by atoms with Gasteiger partial charge >= 0.3 is 12.1 Å². The Balaban J connectivity index is 1.42. The fourth-order valence-electron chi connectivity index (χ4n) is 6.09. The van der Waals surface area contributed by atoms with Crippen molar-refractivity contribution in [1.29, 1.82) is 5.26 Å². The topological polar surface area (TPSA) is 100 Å². The lowest BCUT2D eigenvalue weighted by molar-refractivity contribution is 0.0636. The quantitative estimate of drug-likeness (QED) is 0.164. The van der Waals surface area contributed by atoms with Gasteiger partial charge in [0, 0.05) is 28.5 Å². The van der Waals surface area contributed by atoms with Gasteiger partial charge < -0.3 is 9.47 Å². The lowest BCUT2D eigenvalue weighted by Gasteiger charge is -2.30. The summed E-state index contributed by atoms with van der Waals surface area (Å²) in [5, 5.41) is 12.4. The molecule has 0 bridgehead atoms. The third-order valence-electron chi connectivity index (χ3n) is 8.00. The molecule has 0 unspecified atom stereocenters. The molecule has 2 fully saturated rings. The molecule has 8 nitrogen and oxygen atoms in total. The number of aromatic nitrogens is 2. The van der Waals surface area contributed by atoms with Crippen molar-refractivity contribution in [2.45, 2.75) is 51.2 Å². The van der Waals surface area contributed by atoms with Crippen LogP contribution in [0.15, 0.2) is 29.9 Å². The van der Waals surface area contributed by atoms with E-state index in [1.807, 2.05) is 11.0 Å². The lowest BCUT2D eigenvalue weighted by atomic mass is 9.94. The number of hydrogen-bond donors (Lipinski definition) is 1. The number of nitriles is 1. The minimum atomic E-state index is -1.70. The van der Waals surface area contributed by atoms with Gasteiger partial charge in [0.05, 0.1) is 20.8 Å². The number of fused-ring (bicyclic) bond motifs is 3. The van der Waals surface area contributed by atoms with E-state index in [0.29, 0.717) is 13.0 Å². The number of hydrogen-bond acceptors (Lipinski definition) is 8. The molecule has 4 heterocycles. The zero-order valence-electron chi connectivity index (χ0n) is 24.7. The second kappa shape index (κ2) is 11.8. The van der Waals surface area contributed by atoms with E-state index in [2.05, 4.69) is 15.3 Å². The number of carbonyl (C=O) groups excluding carboxylic acids is 1. The Hall–Kier alpha value is -3.70. The molecule has 2 aromatic heterocycles. The van der Waals surface area contributed by atoms with E-state index in [-0.39, 0.29) is 84.0 Å². The first kappa shape index (κ1) is 32.2. The first-order valence-corrected chi connectivity index (χ1v) is 15.7. The third kappa shape index (κ3) is 5.72. The molecule has 0 radical (unpaired) electrons. The first-order chi connectivity index (χ1) is 21.7. The maximum Gasteiger partial charge on any atom is 0.412 e. The molecule has 1 N–H and O–H groups in total. The van der Waals surface area contributed by atoms with Crippen molar-refractivity contribution < 1.29 is 31.8 Å². The molecule has 0 aliphatic carbocycles. The van der Waals surface area contributed by atoms with Gasteiger partial charge in [0.25, 0.3) is 6.08 Å². The number of carbonyl (C=O) groups is 1. The zero-order chi connectivity index (χ0) is 33.1. The van der Waals surface area contributed by atoms with Crippen LogP contribution in [0.4, 0.5) is 27.4 Å². The SMILES string of the molecule is CC(C)(C)OC(=O)Nc1sc2c(F)ccc(-c3c(Cl)cc4c(Cl)nc(OC[C@]56CCCN5CC(=C(F)F)C6)nc4c3F)c2c1C#N. The molecular formula is C31H25Cl2F4N5O3S. The van der Waals surface area contributed by atoms with Crippen molar-refractivity contribution in [3.8, 4) is 23.2 Å². The van der Waals surface area contributed by atoms with Crippen molar-refractivity contribution in [2.24, 2.45) is 0 Å².